The summed E-state index contributed by atoms with van der Waals surface area (Å²) in [5.41, 5.74) is 0. The minimum atomic E-state index is -1.90. The summed E-state index contributed by atoms with van der Waals surface area (Å²) in [6.45, 7) is 5.90. The van der Waals surface area contributed by atoms with Gasteiger partial charge in [-0.2, -0.15) is 0 Å². The van der Waals surface area contributed by atoms with Crippen molar-refractivity contribution in [1.82, 2.24) is 0 Å². The number of hydrogen-bond donors (Lipinski definition) is 3. The number of aliphatic carboxylic acids is 1. The lowest BCUT2D eigenvalue weighted by atomic mass is 9.98. The zero-order valence-corrected chi connectivity index (χ0v) is 48.1. The van der Waals surface area contributed by atoms with Crippen molar-refractivity contribution >= 4 is 23.9 Å². The number of rotatable bonds is 53. The fourth-order valence-corrected chi connectivity index (χ4v) is 9.50. The third-order valence-corrected chi connectivity index (χ3v) is 14.2. The van der Waals surface area contributed by atoms with E-state index in [0.29, 0.717) is 19.3 Å². The first kappa shape index (κ1) is 70.0. The number of aliphatic hydroxyl groups is 2. The van der Waals surface area contributed by atoms with Crippen molar-refractivity contribution in [3.63, 3.8) is 0 Å². The van der Waals surface area contributed by atoms with Crippen LogP contribution < -0.4 is 0 Å². The van der Waals surface area contributed by atoms with E-state index >= 15 is 0 Å². The van der Waals surface area contributed by atoms with E-state index in [1.54, 1.807) is 0 Å². The largest absolute Gasteiger partial charge is 0.479 e. The smallest absolute Gasteiger partial charge is 0.335 e. The zero-order chi connectivity index (χ0) is 54.7. The standard InChI is InChI=1S/C63H112O12/c1-4-7-10-13-16-19-22-24-26-28-30-32-35-37-40-43-46-49-55(64)71-52-54(73-56(65)50-47-44-41-39-36-33-31-29-27-25-23-20-17-14-11-8-5-2)53-72-63-61(59(68)58(67)60(75-63)62(69)70)74-57(66)51-48-45-42-38-34-21-18-15-12-9-6-3/h7,10,16,19,24,26,54,58-61,63,67-68H,4-6,8-9,11-15,17-18,20-23,25,27-53H2,1-3H3,(H,69,70)/b10-7-,19-16-,26-24-. The lowest BCUT2D eigenvalue weighted by Crippen LogP contribution is -2.61. The molecule has 1 saturated heterocycles. The van der Waals surface area contributed by atoms with E-state index < -0.39 is 67.3 Å². The number of allylic oxidation sites excluding steroid dienone is 6. The van der Waals surface area contributed by atoms with Crippen molar-refractivity contribution in [3.05, 3.63) is 36.5 Å². The molecule has 0 amide bonds. The van der Waals surface area contributed by atoms with E-state index in [-0.39, 0.29) is 25.9 Å². The Morgan fingerprint density at radius 2 is 0.840 bits per heavy atom. The van der Waals surface area contributed by atoms with Crippen LogP contribution in [0.25, 0.3) is 0 Å². The van der Waals surface area contributed by atoms with E-state index in [4.69, 9.17) is 23.7 Å². The summed E-state index contributed by atoms with van der Waals surface area (Å²) >= 11 is 0. The highest BCUT2D eigenvalue weighted by Crippen LogP contribution is 2.27. The van der Waals surface area contributed by atoms with Crippen LogP contribution in [-0.2, 0) is 42.9 Å². The molecule has 0 aliphatic carbocycles. The number of hydrogen-bond acceptors (Lipinski definition) is 11. The molecule has 1 heterocycles. The molecule has 0 spiro atoms. The molecule has 436 valence electrons. The van der Waals surface area contributed by atoms with Gasteiger partial charge in [-0.3, -0.25) is 14.4 Å². The predicted molar refractivity (Wildman–Crippen MR) is 303 cm³/mol. The maximum Gasteiger partial charge on any atom is 0.335 e. The van der Waals surface area contributed by atoms with Crippen LogP contribution in [0.15, 0.2) is 36.5 Å². The van der Waals surface area contributed by atoms with E-state index in [1.807, 2.05) is 0 Å². The molecule has 0 radical (unpaired) electrons. The van der Waals surface area contributed by atoms with E-state index in [1.165, 1.54) is 135 Å². The third-order valence-electron chi connectivity index (χ3n) is 14.2. The number of carbonyl (C=O) groups is 4. The highest BCUT2D eigenvalue weighted by molar-refractivity contribution is 5.74. The Labute approximate surface area is 457 Å². The van der Waals surface area contributed by atoms with Crippen LogP contribution in [0, 0.1) is 0 Å². The van der Waals surface area contributed by atoms with Gasteiger partial charge < -0.3 is 39.0 Å². The monoisotopic (exact) mass is 1060 g/mol. The molecule has 12 nitrogen and oxygen atoms in total. The minimum absolute atomic E-state index is 0.0647. The summed E-state index contributed by atoms with van der Waals surface area (Å²) in [6.07, 6.45) is 48.3. The molecule has 1 aliphatic heterocycles. The second kappa shape index (κ2) is 51.7. The molecule has 0 aromatic rings. The average Bonchev–Trinajstić information content (AvgIpc) is 3.39. The zero-order valence-electron chi connectivity index (χ0n) is 48.1. The molecular weight excluding hydrogens is 949 g/mol. The van der Waals surface area contributed by atoms with Gasteiger partial charge in [-0.05, 0) is 51.4 Å². The van der Waals surface area contributed by atoms with Gasteiger partial charge in [0.1, 0.15) is 18.8 Å². The summed E-state index contributed by atoms with van der Waals surface area (Å²) in [5.74, 6) is -3.10. The van der Waals surface area contributed by atoms with Crippen LogP contribution >= 0.6 is 0 Å². The number of esters is 3. The van der Waals surface area contributed by atoms with Crippen LogP contribution in [0.3, 0.4) is 0 Å². The highest BCUT2D eigenvalue weighted by Gasteiger charge is 2.50. The van der Waals surface area contributed by atoms with Crippen molar-refractivity contribution in [3.8, 4) is 0 Å². The molecular formula is C63H112O12. The number of unbranched alkanes of at least 4 members (excludes halogenated alkanes) is 33. The molecule has 0 saturated carbocycles. The molecule has 1 fully saturated rings. The predicted octanol–water partition coefficient (Wildman–Crippen LogP) is 16.0. The number of aliphatic hydroxyl groups excluding tert-OH is 2. The first-order valence-electron chi connectivity index (χ1n) is 31.0. The number of carboxylic acids is 1. The quantitative estimate of drug-likeness (QED) is 0.0228. The summed E-state index contributed by atoms with van der Waals surface area (Å²) in [5, 5.41) is 31.5. The Morgan fingerprint density at radius 3 is 1.28 bits per heavy atom. The maximum atomic E-state index is 13.2. The third kappa shape index (κ3) is 41.7. The SMILES string of the molecule is CC/C=C\C/C=C\C/C=C\CCCCCCCCCC(=O)OCC(COC1OC(C(=O)O)C(O)C(O)C1OC(=O)CCCCCCCCCCCCC)OC(=O)CCCCCCCCCCCCCCCCCCC. The van der Waals surface area contributed by atoms with E-state index in [0.717, 1.165) is 96.3 Å². The Hall–Kier alpha value is -3.06. The molecule has 6 unspecified atom stereocenters. The minimum Gasteiger partial charge on any atom is -0.479 e. The van der Waals surface area contributed by atoms with Gasteiger partial charge >= 0.3 is 23.9 Å². The second-order valence-electron chi connectivity index (χ2n) is 21.3. The van der Waals surface area contributed by atoms with Crippen LogP contribution in [0.2, 0.25) is 0 Å². The molecule has 75 heavy (non-hydrogen) atoms. The molecule has 3 N–H and O–H groups in total. The van der Waals surface area contributed by atoms with Crippen LogP contribution in [0.5, 0.6) is 0 Å². The lowest BCUT2D eigenvalue weighted by molar-refractivity contribution is -0.301. The average molecular weight is 1060 g/mol. The Morgan fingerprint density at radius 1 is 0.453 bits per heavy atom. The Bertz CT molecular complexity index is 1450. The number of ether oxygens (including phenoxy) is 5. The second-order valence-corrected chi connectivity index (χ2v) is 21.3. The van der Waals surface area contributed by atoms with E-state index in [2.05, 4.69) is 57.2 Å². The summed E-state index contributed by atoms with van der Waals surface area (Å²) in [6, 6.07) is 0. The fourth-order valence-electron chi connectivity index (χ4n) is 9.50. The normalized spacial score (nSPS) is 18.3. The lowest BCUT2D eigenvalue weighted by Gasteiger charge is -2.40. The van der Waals surface area contributed by atoms with Gasteiger partial charge in [0.2, 0.25) is 0 Å². The summed E-state index contributed by atoms with van der Waals surface area (Å²) in [7, 11) is 0. The van der Waals surface area contributed by atoms with Gasteiger partial charge in [-0.25, -0.2) is 4.79 Å². The molecule has 1 aliphatic rings. The molecule has 6 atom stereocenters. The Balaban J connectivity index is 2.66. The molecule has 0 aromatic heterocycles. The van der Waals surface area contributed by atoms with Crippen molar-refractivity contribution in [2.24, 2.45) is 0 Å². The molecule has 0 aromatic carbocycles. The fraction of sp³-hybridized carbons (Fsp3) is 0.841. The first-order chi connectivity index (χ1) is 36.6. The van der Waals surface area contributed by atoms with Gasteiger partial charge in [0.15, 0.2) is 24.6 Å². The number of carbonyl (C=O) groups excluding carboxylic acids is 3. The van der Waals surface area contributed by atoms with Gasteiger partial charge in [-0.15, -0.1) is 0 Å². The van der Waals surface area contributed by atoms with Crippen molar-refractivity contribution in [2.45, 2.75) is 327 Å². The molecule has 1 rings (SSSR count). The van der Waals surface area contributed by atoms with Crippen molar-refractivity contribution in [1.29, 1.82) is 0 Å². The van der Waals surface area contributed by atoms with Crippen molar-refractivity contribution < 1.29 is 58.2 Å². The van der Waals surface area contributed by atoms with Crippen LogP contribution in [0.4, 0.5) is 0 Å². The Kier molecular flexibility index (Phi) is 48.2. The van der Waals surface area contributed by atoms with Crippen LogP contribution in [0.1, 0.15) is 290 Å². The first-order valence-corrected chi connectivity index (χ1v) is 31.0. The van der Waals surface area contributed by atoms with Gasteiger partial charge in [0.25, 0.3) is 0 Å². The molecule has 0 bridgehead atoms. The van der Waals surface area contributed by atoms with Gasteiger partial charge in [-0.1, -0.05) is 256 Å². The van der Waals surface area contributed by atoms with Crippen molar-refractivity contribution in [2.75, 3.05) is 13.2 Å². The van der Waals surface area contributed by atoms with Gasteiger partial charge in [0.05, 0.1) is 6.61 Å². The maximum absolute atomic E-state index is 13.2. The topological polar surface area (TPSA) is 175 Å². The number of carboxylic acid groups (broad SMARTS) is 1. The molecule has 12 heteroatoms. The highest BCUT2D eigenvalue weighted by atomic mass is 16.7. The van der Waals surface area contributed by atoms with Crippen LogP contribution in [-0.4, -0.2) is 89.2 Å². The summed E-state index contributed by atoms with van der Waals surface area (Å²) in [4.78, 5) is 51.1. The van der Waals surface area contributed by atoms with Gasteiger partial charge in [0, 0.05) is 19.3 Å². The summed E-state index contributed by atoms with van der Waals surface area (Å²) < 4.78 is 28.5. The van der Waals surface area contributed by atoms with E-state index in [9.17, 15) is 34.5 Å².